The van der Waals surface area contributed by atoms with Crippen molar-refractivity contribution in [3.05, 3.63) is 59.1 Å². The molecule has 0 unspecified atom stereocenters. The molecule has 0 radical (unpaired) electrons. The van der Waals surface area contributed by atoms with E-state index in [4.69, 9.17) is 4.42 Å². The van der Waals surface area contributed by atoms with Crippen LogP contribution in [0.4, 0.5) is 14.9 Å². The molecule has 0 aliphatic carbocycles. The molecular weight excluding hydrogens is 281 g/mol. The zero-order chi connectivity index (χ0) is 14.1. The lowest BCUT2D eigenvalue weighted by Crippen LogP contribution is -2.27. The van der Waals surface area contributed by atoms with Crippen LogP contribution in [0.3, 0.4) is 0 Å². The lowest BCUT2D eigenvalue weighted by atomic mass is 10.2. The number of imide groups is 1. The van der Waals surface area contributed by atoms with E-state index in [0.29, 0.717) is 11.4 Å². The maximum atomic E-state index is 12.9. The fourth-order valence-corrected chi connectivity index (χ4v) is 2.60. The van der Waals surface area contributed by atoms with Crippen molar-refractivity contribution < 1.29 is 18.4 Å². The van der Waals surface area contributed by atoms with Gasteiger partial charge in [-0.05, 0) is 48.2 Å². The lowest BCUT2D eigenvalue weighted by molar-refractivity contribution is -0.113. The summed E-state index contributed by atoms with van der Waals surface area (Å²) in [5.41, 5.74) is 0.344. The zero-order valence-electron chi connectivity index (χ0n) is 10.1. The van der Waals surface area contributed by atoms with Gasteiger partial charge in [-0.15, -0.1) is 0 Å². The number of nitrogens with zero attached hydrogens (tertiary/aromatic N) is 1. The van der Waals surface area contributed by atoms with Crippen LogP contribution in [0.25, 0.3) is 6.08 Å². The summed E-state index contributed by atoms with van der Waals surface area (Å²) in [6.07, 6.45) is 2.99. The van der Waals surface area contributed by atoms with Crippen LogP contribution in [0.1, 0.15) is 5.76 Å². The number of hydrogen-bond acceptors (Lipinski definition) is 4. The van der Waals surface area contributed by atoms with Crippen molar-refractivity contribution in [3.63, 3.8) is 0 Å². The van der Waals surface area contributed by atoms with Crippen LogP contribution in [0, 0.1) is 5.82 Å². The second kappa shape index (κ2) is 4.97. The summed E-state index contributed by atoms with van der Waals surface area (Å²) < 4.78 is 18.0. The van der Waals surface area contributed by atoms with E-state index in [9.17, 15) is 14.0 Å². The molecule has 0 spiro atoms. The van der Waals surface area contributed by atoms with Gasteiger partial charge in [-0.3, -0.25) is 9.59 Å². The normalized spacial score (nSPS) is 17.2. The molecule has 1 aromatic heterocycles. The maximum Gasteiger partial charge on any atom is 0.298 e. The van der Waals surface area contributed by atoms with E-state index >= 15 is 0 Å². The van der Waals surface area contributed by atoms with Crippen molar-refractivity contribution >= 4 is 34.7 Å². The molecule has 3 rings (SSSR count). The van der Waals surface area contributed by atoms with Crippen molar-refractivity contribution in [1.82, 2.24) is 0 Å². The van der Waals surface area contributed by atoms with Crippen LogP contribution in [-0.2, 0) is 4.79 Å². The molecule has 1 aromatic carbocycles. The van der Waals surface area contributed by atoms with Gasteiger partial charge in [-0.1, -0.05) is 0 Å². The Hall–Kier alpha value is -2.34. The summed E-state index contributed by atoms with van der Waals surface area (Å²) in [6.45, 7) is 0. The third kappa shape index (κ3) is 2.25. The van der Waals surface area contributed by atoms with Gasteiger partial charge in [-0.2, -0.15) is 0 Å². The topological polar surface area (TPSA) is 50.5 Å². The molecule has 1 fully saturated rings. The van der Waals surface area contributed by atoms with Crippen LogP contribution in [0.5, 0.6) is 0 Å². The number of amides is 2. The fraction of sp³-hybridized carbons (Fsp3) is 0. The van der Waals surface area contributed by atoms with Crippen molar-refractivity contribution in [1.29, 1.82) is 0 Å². The number of halogens is 1. The Morgan fingerprint density at radius 3 is 2.55 bits per heavy atom. The van der Waals surface area contributed by atoms with Gasteiger partial charge in [0.05, 0.1) is 16.9 Å². The van der Waals surface area contributed by atoms with Crippen molar-refractivity contribution in [3.8, 4) is 0 Å². The summed E-state index contributed by atoms with van der Waals surface area (Å²) in [5, 5.41) is -0.417. The Morgan fingerprint density at radius 1 is 1.15 bits per heavy atom. The second-order valence-corrected chi connectivity index (χ2v) is 5.00. The van der Waals surface area contributed by atoms with Gasteiger partial charge in [0, 0.05) is 6.08 Å². The minimum absolute atomic E-state index is 0.272. The highest BCUT2D eigenvalue weighted by Crippen LogP contribution is 2.35. The first kappa shape index (κ1) is 12.7. The Kier molecular flexibility index (Phi) is 3.15. The van der Waals surface area contributed by atoms with Gasteiger partial charge in [0.15, 0.2) is 0 Å². The van der Waals surface area contributed by atoms with E-state index in [-0.39, 0.29) is 4.91 Å². The van der Waals surface area contributed by atoms with Crippen LogP contribution >= 0.6 is 11.8 Å². The average Bonchev–Trinajstić information content (AvgIpc) is 3.02. The van der Waals surface area contributed by atoms with Gasteiger partial charge in [-0.25, -0.2) is 9.29 Å². The van der Waals surface area contributed by atoms with E-state index in [1.165, 1.54) is 36.6 Å². The monoisotopic (exact) mass is 289 g/mol. The maximum absolute atomic E-state index is 12.9. The second-order valence-electron chi connectivity index (χ2n) is 4.01. The Bertz CT molecular complexity index is 692. The summed E-state index contributed by atoms with van der Waals surface area (Å²) in [5.74, 6) is -0.371. The van der Waals surface area contributed by atoms with Crippen molar-refractivity contribution in [2.45, 2.75) is 0 Å². The number of hydrogen-bond donors (Lipinski definition) is 0. The molecule has 4 nitrogen and oxygen atoms in total. The van der Waals surface area contributed by atoms with E-state index < -0.39 is 17.0 Å². The predicted octanol–water partition coefficient (Wildman–Crippen LogP) is 3.66. The highest BCUT2D eigenvalue weighted by molar-refractivity contribution is 8.19. The number of thioether (sulfide) groups is 1. The van der Waals surface area contributed by atoms with E-state index in [0.717, 1.165) is 16.7 Å². The summed E-state index contributed by atoms with van der Waals surface area (Å²) in [6, 6.07) is 8.56. The standard InChI is InChI=1S/C14H8FNO3S/c15-9-3-5-10(6-4-9)16-13(17)12(20-14(16)18)8-11-2-1-7-19-11/h1-8H/b12-8+. The summed E-state index contributed by atoms with van der Waals surface area (Å²) in [7, 11) is 0. The Balaban J connectivity index is 1.93. The van der Waals surface area contributed by atoms with E-state index in [1.807, 2.05) is 0 Å². The first-order valence-corrected chi connectivity index (χ1v) is 6.54. The van der Waals surface area contributed by atoms with Gasteiger partial charge in [0.25, 0.3) is 11.1 Å². The van der Waals surface area contributed by atoms with Gasteiger partial charge < -0.3 is 4.42 Å². The van der Waals surface area contributed by atoms with Gasteiger partial charge in [0.1, 0.15) is 11.6 Å². The van der Waals surface area contributed by atoms with Crippen molar-refractivity contribution in [2.75, 3.05) is 4.90 Å². The molecule has 2 aromatic rings. The number of anilines is 1. The summed E-state index contributed by atoms with van der Waals surface area (Å²) >= 11 is 0.824. The minimum atomic E-state index is -0.442. The highest BCUT2D eigenvalue weighted by atomic mass is 32.2. The number of furan rings is 1. The molecular formula is C14H8FNO3S. The largest absolute Gasteiger partial charge is 0.465 e. The molecule has 0 N–H and O–H groups in total. The third-order valence-corrected chi connectivity index (χ3v) is 3.56. The van der Waals surface area contributed by atoms with Crippen LogP contribution in [0.2, 0.25) is 0 Å². The molecule has 2 heterocycles. The number of carbonyl (C=O) groups is 2. The van der Waals surface area contributed by atoms with Crippen LogP contribution in [-0.4, -0.2) is 11.1 Å². The number of carbonyl (C=O) groups excluding carboxylic acids is 2. The quantitative estimate of drug-likeness (QED) is 0.792. The minimum Gasteiger partial charge on any atom is -0.465 e. The SMILES string of the molecule is O=C1S/C(=C/c2ccco2)C(=O)N1c1ccc(F)cc1. The smallest absolute Gasteiger partial charge is 0.298 e. The lowest BCUT2D eigenvalue weighted by Gasteiger charge is -2.11. The molecule has 0 atom stereocenters. The Labute approximate surface area is 117 Å². The molecule has 100 valence electrons. The molecule has 1 saturated heterocycles. The fourth-order valence-electron chi connectivity index (χ4n) is 1.78. The first-order chi connectivity index (χ1) is 9.65. The molecule has 6 heteroatoms. The van der Waals surface area contributed by atoms with Crippen molar-refractivity contribution in [2.24, 2.45) is 0 Å². The molecule has 2 amide bonds. The van der Waals surface area contributed by atoms with E-state index in [1.54, 1.807) is 12.1 Å². The number of rotatable bonds is 2. The molecule has 1 aliphatic rings. The molecule has 1 aliphatic heterocycles. The van der Waals surface area contributed by atoms with Gasteiger partial charge in [0.2, 0.25) is 0 Å². The first-order valence-electron chi connectivity index (χ1n) is 5.72. The van der Waals surface area contributed by atoms with Gasteiger partial charge >= 0.3 is 0 Å². The average molecular weight is 289 g/mol. The zero-order valence-corrected chi connectivity index (χ0v) is 10.9. The molecule has 20 heavy (non-hydrogen) atoms. The third-order valence-electron chi connectivity index (χ3n) is 2.70. The van der Waals surface area contributed by atoms with E-state index in [2.05, 4.69) is 0 Å². The number of benzene rings is 1. The molecule has 0 bridgehead atoms. The summed E-state index contributed by atoms with van der Waals surface area (Å²) in [4.78, 5) is 25.4. The van der Waals surface area contributed by atoms with Crippen LogP contribution < -0.4 is 4.90 Å². The molecule has 0 saturated carbocycles. The highest BCUT2D eigenvalue weighted by Gasteiger charge is 2.36. The predicted molar refractivity (Wildman–Crippen MR) is 73.6 cm³/mol. The van der Waals surface area contributed by atoms with Crippen LogP contribution in [0.15, 0.2) is 52.0 Å². The Morgan fingerprint density at radius 2 is 1.90 bits per heavy atom.